The number of nitro benzene ring substituents is 1. The first-order valence-electron chi connectivity index (χ1n) is 13.8. The Morgan fingerprint density at radius 3 is 2.59 bits per heavy atom. The van der Waals surface area contributed by atoms with E-state index in [4.69, 9.17) is 25.5 Å². The van der Waals surface area contributed by atoms with Crippen molar-refractivity contribution < 1.29 is 23.6 Å². The van der Waals surface area contributed by atoms with Crippen LogP contribution < -0.4 is 29.7 Å². The van der Waals surface area contributed by atoms with Crippen molar-refractivity contribution in [2.75, 3.05) is 19.5 Å². The largest absolute Gasteiger partial charge is 0.497 e. The van der Waals surface area contributed by atoms with E-state index in [0.717, 1.165) is 11.3 Å². The minimum Gasteiger partial charge on any atom is -0.497 e. The van der Waals surface area contributed by atoms with E-state index in [1.165, 1.54) is 37.0 Å². The molecule has 0 spiro atoms. The van der Waals surface area contributed by atoms with Gasteiger partial charge in [0.15, 0.2) is 4.80 Å². The van der Waals surface area contributed by atoms with E-state index in [2.05, 4.69) is 10.3 Å². The van der Waals surface area contributed by atoms with Gasteiger partial charge in [-0.2, -0.15) is 0 Å². The number of aromatic nitrogens is 1. The number of methoxy groups -OCH3 is 2. The average Bonchev–Trinajstić information content (AvgIpc) is 3.64. The molecular weight excluding hydrogens is 632 g/mol. The summed E-state index contributed by atoms with van der Waals surface area (Å²) in [6, 6.07) is 20.6. The Bertz CT molecular complexity index is 2220. The maximum Gasteiger partial charge on any atom is 0.271 e. The van der Waals surface area contributed by atoms with Crippen LogP contribution in [0, 0.1) is 10.1 Å². The molecule has 11 nitrogen and oxygen atoms in total. The van der Waals surface area contributed by atoms with Gasteiger partial charge < -0.3 is 19.2 Å². The normalized spacial score (nSPS) is 14.4. The zero-order valence-corrected chi connectivity index (χ0v) is 26.2. The summed E-state index contributed by atoms with van der Waals surface area (Å²) >= 11 is 7.44. The molecule has 1 atom stereocenters. The van der Waals surface area contributed by atoms with Crippen molar-refractivity contribution in [1.29, 1.82) is 0 Å². The van der Waals surface area contributed by atoms with Crippen LogP contribution in [0.25, 0.3) is 17.4 Å². The number of nitro groups is 1. The van der Waals surface area contributed by atoms with Gasteiger partial charge >= 0.3 is 0 Å². The number of para-hydroxylation sites is 1. The highest BCUT2D eigenvalue weighted by atomic mass is 35.5. The number of benzene rings is 3. The van der Waals surface area contributed by atoms with Gasteiger partial charge in [0.2, 0.25) is 0 Å². The Morgan fingerprint density at radius 2 is 1.87 bits per heavy atom. The van der Waals surface area contributed by atoms with Crippen LogP contribution in [0.15, 0.2) is 104 Å². The summed E-state index contributed by atoms with van der Waals surface area (Å²) in [6.45, 7) is 1.72. The van der Waals surface area contributed by atoms with Crippen molar-refractivity contribution in [2.24, 2.45) is 4.99 Å². The van der Waals surface area contributed by atoms with E-state index in [1.54, 1.807) is 55.5 Å². The van der Waals surface area contributed by atoms with E-state index in [0.29, 0.717) is 54.9 Å². The number of anilines is 1. The predicted octanol–water partition coefficient (Wildman–Crippen LogP) is 5.71. The lowest BCUT2D eigenvalue weighted by Crippen LogP contribution is -2.40. The third kappa shape index (κ3) is 5.71. The molecule has 46 heavy (non-hydrogen) atoms. The monoisotopic (exact) mass is 656 g/mol. The second-order valence-corrected chi connectivity index (χ2v) is 11.5. The molecule has 0 radical (unpaired) electrons. The van der Waals surface area contributed by atoms with Gasteiger partial charge in [-0.25, -0.2) is 4.99 Å². The molecule has 0 aliphatic carbocycles. The average molecular weight is 657 g/mol. The lowest BCUT2D eigenvalue weighted by atomic mass is 9.94. The molecule has 0 saturated heterocycles. The Kier molecular flexibility index (Phi) is 8.31. The summed E-state index contributed by atoms with van der Waals surface area (Å²) in [7, 11) is 3.04. The van der Waals surface area contributed by atoms with Crippen LogP contribution >= 0.6 is 22.9 Å². The highest BCUT2D eigenvalue weighted by Gasteiger charge is 2.34. The molecule has 232 valence electrons. The Hall–Kier alpha value is -5.46. The number of carbonyl (C=O) groups excluding carboxylic acids is 1. The van der Waals surface area contributed by atoms with Gasteiger partial charge in [-0.1, -0.05) is 41.1 Å². The van der Waals surface area contributed by atoms with Gasteiger partial charge in [0.25, 0.3) is 17.2 Å². The molecule has 1 amide bonds. The fourth-order valence-electron chi connectivity index (χ4n) is 5.19. The van der Waals surface area contributed by atoms with Crippen LogP contribution in [0.2, 0.25) is 5.02 Å². The Labute approximate surface area is 270 Å². The molecule has 1 N–H and O–H groups in total. The number of hydrogen-bond donors (Lipinski definition) is 1. The van der Waals surface area contributed by atoms with Crippen molar-refractivity contribution in [3.63, 3.8) is 0 Å². The number of furan rings is 1. The molecule has 3 heterocycles. The van der Waals surface area contributed by atoms with Crippen LogP contribution in [-0.4, -0.2) is 29.6 Å². The first-order chi connectivity index (χ1) is 22.2. The van der Waals surface area contributed by atoms with Gasteiger partial charge in [0, 0.05) is 41.1 Å². The zero-order chi connectivity index (χ0) is 32.5. The Balaban J connectivity index is 1.48. The molecule has 13 heteroatoms. The lowest BCUT2D eigenvalue weighted by molar-refractivity contribution is -0.384. The van der Waals surface area contributed by atoms with Crippen molar-refractivity contribution in [1.82, 2.24) is 4.57 Å². The number of carbonyl (C=O) groups is 1. The van der Waals surface area contributed by atoms with Crippen molar-refractivity contribution in [3.8, 4) is 22.8 Å². The van der Waals surface area contributed by atoms with Crippen molar-refractivity contribution >= 4 is 46.3 Å². The second-order valence-electron chi connectivity index (χ2n) is 10.1. The summed E-state index contributed by atoms with van der Waals surface area (Å²) in [5, 5.41) is 14.5. The topological polar surface area (TPSA) is 138 Å². The van der Waals surface area contributed by atoms with E-state index in [-0.39, 0.29) is 16.3 Å². The van der Waals surface area contributed by atoms with E-state index < -0.39 is 22.4 Å². The SMILES string of the molecule is COc1ccc([C@H]2C(C(=O)Nc3ccccc3)=C(C)N=c3s/c(=C\c4ccc(-c5cc([N+](=O)[O-])ccc5Cl)o4)c(=O)n32)c(OC)c1. The molecule has 6 rings (SSSR count). The third-order valence-electron chi connectivity index (χ3n) is 7.36. The van der Waals surface area contributed by atoms with Crippen LogP contribution in [0.4, 0.5) is 11.4 Å². The number of rotatable bonds is 8. The number of ether oxygens (including phenoxy) is 2. The molecule has 5 aromatic rings. The first kappa shape index (κ1) is 30.6. The summed E-state index contributed by atoms with van der Waals surface area (Å²) in [5.74, 6) is 1.15. The zero-order valence-electron chi connectivity index (χ0n) is 24.6. The molecule has 0 saturated carbocycles. The summed E-state index contributed by atoms with van der Waals surface area (Å²) in [4.78, 5) is 43.8. The fourth-order valence-corrected chi connectivity index (χ4v) is 6.43. The second kappa shape index (κ2) is 12.5. The Morgan fingerprint density at radius 1 is 1.09 bits per heavy atom. The maximum absolute atomic E-state index is 14.1. The van der Waals surface area contributed by atoms with E-state index in [9.17, 15) is 19.7 Å². The summed E-state index contributed by atoms with van der Waals surface area (Å²) in [6.07, 6.45) is 1.56. The van der Waals surface area contributed by atoms with Gasteiger partial charge in [-0.15, -0.1) is 0 Å². The molecular formula is C33H25ClN4O7S. The number of thiazole rings is 1. The standard InChI is InChI=1S/C33H25ClN4O7S/c1-18-29(31(39)36-19-7-5-4-6-8-19)30(23-12-10-21(43-2)16-27(23)44-3)37-32(40)28(46-33(37)35-18)17-22-11-14-26(45-22)24-15-20(38(41)42)9-13-25(24)34/h4-17,30H,1-3H3,(H,36,39)/b28-17-/t30-/m0/s1. The number of amides is 1. The first-order valence-corrected chi connectivity index (χ1v) is 15.0. The molecule has 0 bridgehead atoms. The van der Waals surface area contributed by atoms with Crippen LogP contribution in [0.3, 0.4) is 0 Å². The predicted molar refractivity (Wildman–Crippen MR) is 174 cm³/mol. The number of nitrogens with zero attached hydrogens (tertiary/aromatic N) is 3. The van der Waals surface area contributed by atoms with Crippen LogP contribution in [0.1, 0.15) is 24.3 Å². The third-order valence-corrected chi connectivity index (χ3v) is 8.67. The number of halogens is 1. The summed E-state index contributed by atoms with van der Waals surface area (Å²) < 4.78 is 18.8. The lowest BCUT2D eigenvalue weighted by Gasteiger charge is -2.26. The van der Waals surface area contributed by atoms with Crippen LogP contribution in [0.5, 0.6) is 11.5 Å². The molecule has 0 fully saturated rings. The van der Waals surface area contributed by atoms with Crippen LogP contribution in [-0.2, 0) is 4.79 Å². The maximum atomic E-state index is 14.1. The highest BCUT2D eigenvalue weighted by molar-refractivity contribution is 7.07. The molecule has 3 aromatic carbocycles. The number of fused-ring (bicyclic) bond motifs is 1. The minimum absolute atomic E-state index is 0.137. The molecule has 1 aliphatic rings. The molecule has 2 aromatic heterocycles. The highest BCUT2D eigenvalue weighted by Crippen LogP contribution is 2.38. The van der Waals surface area contributed by atoms with Crippen molar-refractivity contribution in [2.45, 2.75) is 13.0 Å². The van der Waals surface area contributed by atoms with Crippen molar-refractivity contribution in [3.05, 3.63) is 136 Å². The van der Waals surface area contributed by atoms with Gasteiger partial charge in [0.1, 0.15) is 29.1 Å². The van der Waals surface area contributed by atoms with E-state index >= 15 is 0 Å². The van der Waals surface area contributed by atoms with Gasteiger partial charge in [0.05, 0.1) is 40.0 Å². The fraction of sp³-hybridized carbons (Fsp3) is 0.121. The minimum atomic E-state index is -0.890. The van der Waals surface area contributed by atoms with E-state index in [1.807, 2.05) is 18.2 Å². The smallest absolute Gasteiger partial charge is 0.271 e. The quantitative estimate of drug-likeness (QED) is 0.167. The van der Waals surface area contributed by atoms with Gasteiger partial charge in [-0.3, -0.25) is 24.3 Å². The molecule has 0 unspecified atom stereocenters. The molecule has 1 aliphatic heterocycles. The number of allylic oxidation sites excluding steroid dienone is 1. The number of hydrogen-bond acceptors (Lipinski definition) is 9. The number of non-ortho nitro benzene ring substituents is 1. The number of nitrogens with one attached hydrogen (secondary N) is 1. The van der Waals surface area contributed by atoms with Gasteiger partial charge in [-0.05, 0) is 49.4 Å². The summed E-state index contributed by atoms with van der Waals surface area (Å²) in [5.41, 5.74) is 1.65.